The van der Waals surface area contributed by atoms with Crippen LogP contribution >= 0.6 is 0 Å². The van der Waals surface area contributed by atoms with Crippen molar-refractivity contribution in [3.05, 3.63) is 58.9 Å². The van der Waals surface area contributed by atoms with Gasteiger partial charge < -0.3 is 0 Å². The molecule has 1 aliphatic rings. The molecule has 2 aromatic rings. The molecule has 0 bridgehead atoms. The highest BCUT2D eigenvalue weighted by Crippen LogP contribution is 2.28. The van der Waals surface area contributed by atoms with E-state index in [2.05, 4.69) is 0 Å². The minimum atomic E-state index is -0.191. The van der Waals surface area contributed by atoms with Crippen LogP contribution in [0.25, 0.3) is 11.1 Å². The molecule has 90 valence electrons. The number of benzene rings is 2. The van der Waals surface area contributed by atoms with Gasteiger partial charge in [-0.2, -0.15) is 0 Å². The quantitative estimate of drug-likeness (QED) is 0.738. The molecule has 0 heterocycles. The molecule has 0 N–H and O–H groups in total. The van der Waals surface area contributed by atoms with Crippen molar-refractivity contribution < 1.29 is 9.18 Å². The van der Waals surface area contributed by atoms with Gasteiger partial charge in [0, 0.05) is 12.0 Å². The highest BCUT2D eigenvalue weighted by Gasteiger charge is 2.19. The first-order valence-electron chi connectivity index (χ1n) is 6.08. The van der Waals surface area contributed by atoms with Crippen molar-refractivity contribution in [2.45, 2.75) is 19.8 Å². The number of hydrogen-bond donors (Lipinski definition) is 0. The van der Waals surface area contributed by atoms with Crippen molar-refractivity contribution in [2.24, 2.45) is 0 Å². The maximum Gasteiger partial charge on any atom is 0.163 e. The van der Waals surface area contributed by atoms with E-state index in [-0.39, 0.29) is 11.6 Å². The van der Waals surface area contributed by atoms with Gasteiger partial charge in [-0.05, 0) is 41.7 Å². The number of carbonyl (C=O) groups excluding carboxylic acids is 1. The normalized spacial score (nSPS) is 13.8. The predicted octanol–water partition coefficient (Wildman–Crippen LogP) is 3.93. The van der Waals surface area contributed by atoms with Gasteiger partial charge >= 0.3 is 0 Å². The zero-order valence-corrected chi connectivity index (χ0v) is 10.2. The summed E-state index contributed by atoms with van der Waals surface area (Å²) in [5.74, 6) is 0.0238. The van der Waals surface area contributed by atoms with Crippen LogP contribution in [0.4, 0.5) is 4.39 Å². The van der Waals surface area contributed by atoms with Crippen LogP contribution in [0, 0.1) is 12.7 Å². The molecule has 0 unspecified atom stereocenters. The Balaban J connectivity index is 2.07. The first kappa shape index (κ1) is 11.1. The summed E-state index contributed by atoms with van der Waals surface area (Å²) in [7, 11) is 0. The van der Waals surface area contributed by atoms with Crippen LogP contribution in [-0.4, -0.2) is 5.78 Å². The number of halogens is 1. The molecule has 3 rings (SSSR count). The van der Waals surface area contributed by atoms with E-state index in [9.17, 15) is 9.18 Å². The Morgan fingerprint density at radius 2 is 1.72 bits per heavy atom. The van der Waals surface area contributed by atoms with Gasteiger partial charge in [0.2, 0.25) is 0 Å². The van der Waals surface area contributed by atoms with Crippen molar-refractivity contribution in [1.82, 2.24) is 0 Å². The van der Waals surface area contributed by atoms with E-state index in [4.69, 9.17) is 0 Å². The minimum absolute atomic E-state index is 0.191. The van der Waals surface area contributed by atoms with Crippen LogP contribution < -0.4 is 0 Å². The highest BCUT2D eigenvalue weighted by molar-refractivity contribution is 6.00. The third-order valence-electron chi connectivity index (χ3n) is 3.53. The lowest BCUT2D eigenvalue weighted by molar-refractivity contribution is 0.0994. The molecule has 0 atom stereocenters. The number of ketones is 1. The zero-order valence-electron chi connectivity index (χ0n) is 10.2. The number of fused-ring (bicyclic) bond motifs is 1. The van der Waals surface area contributed by atoms with E-state index in [1.165, 1.54) is 0 Å². The monoisotopic (exact) mass is 240 g/mol. The SMILES string of the molecule is Cc1ccc(-c2ccc3c(c2)CCC3=O)cc1F. The van der Waals surface area contributed by atoms with Gasteiger partial charge in [-0.25, -0.2) is 4.39 Å². The average molecular weight is 240 g/mol. The lowest BCUT2D eigenvalue weighted by Gasteiger charge is -2.06. The Labute approximate surface area is 105 Å². The van der Waals surface area contributed by atoms with E-state index in [0.29, 0.717) is 12.0 Å². The van der Waals surface area contributed by atoms with Crippen molar-refractivity contribution in [3.8, 4) is 11.1 Å². The van der Waals surface area contributed by atoms with Crippen molar-refractivity contribution in [1.29, 1.82) is 0 Å². The lowest BCUT2D eigenvalue weighted by atomic mass is 9.99. The lowest BCUT2D eigenvalue weighted by Crippen LogP contribution is -1.91. The van der Waals surface area contributed by atoms with Crippen LogP contribution in [0.5, 0.6) is 0 Å². The van der Waals surface area contributed by atoms with Gasteiger partial charge in [0.25, 0.3) is 0 Å². The number of aryl methyl sites for hydroxylation is 2. The minimum Gasteiger partial charge on any atom is -0.294 e. The van der Waals surface area contributed by atoms with Crippen LogP contribution in [0.2, 0.25) is 0 Å². The van der Waals surface area contributed by atoms with E-state index in [0.717, 1.165) is 28.7 Å². The summed E-state index contributed by atoms with van der Waals surface area (Å²) >= 11 is 0. The Hall–Kier alpha value is -1.96. The summed E-state index contributed by atoms with van der Waals surface area (Å²) in [6.07, 6.45) is 1.40. The topological polar surface area (TPSA) is 17.1 Å². The Morgan fingerprint density at radius 1 is 1.00 bits per heavy atom. The van der Waals surface area contributed by atoms with Crippen LogP contribution in [0.1, 0.15) is 27.9 Å². The summed E-state index contributed by atoms with van der Waals surface area (Å²) in [5.41, 5.74) is 4.39. The largest absolute Gasteiger partial charge is 0.294 e. The fourth-order valence-corrected chi connectivity index (χ4v) is 2.41. The first-order chi connectivity index (χ1) is 8.65. The molecule has 2 aromatic carbocycles. The summed E-state index contributed by atoms with van der Waals surface area (Å²) < 4.78 is 13.5. The first-order valence-corrected chi connectivity index (χ1v) is 6.08. The third-order valence-corrected chi connectivity index (χ3v) is 3.53. The summed E-state index contributed by atoms with van der Waals surface area (Å²) in [6.45, 7) is 1.75. The third kappa shape index (κ3) is 1.74. The molecular weight excluding hydrogens is 227 g/mol. The van der Waals surface area contributed by atoms with Gasteiger partial charge in [-0.1, -0.05) is 30.3 Å². The van der Waals surface area contributed by atoms with Crippen LogP contribution in [0.3, 0.4) is 0 Å². The van der Waals surface area contributed by atoms with E-state index >= 15 is 0 Å². The van der Waals surface area contributed by atoms with Crippen molar-refractivity contribution >= 4 is 5.78 Å². The predicted molar refractivity (Wildman–Crippen MR) is 69.2 cm³/mol. The molecule has 1 nitrogen and oxygen atoms in total. The van der Waals surface area contributed by atoms with E-state index < -0.39 is 0 Å². The van der Waals surface area contributed by atoms with E-state index in [1.54, 1.807) is 19.1 Å². The Bertz CT molecular complexity index is 644. The molecule has 0 aromatic heterocycles. The van der Waals surface area contributed by atoms with Gasteiger partial charge in [0.05, 0.1) is 0 Å². The van der Waals surface area contributed by atoms with Gasteiger partial charge in [-0.15, -0.1) is 0 Å². The van der Waals surface area contributed by atoms with E-state index in [1.807, 2.05) is 24.3 Å². The summed E-state index contributed by atoms with van der Waals surface area (Å²) in [4.78, 5) is 11.6. The van der Waals surface area contributed by atoms with Gasteiger partial charge in [-0.3, -0.25) is 4.79 Å². The maximum absolute atomic E-state index is 13.5. The smallest absolute Gasteiger partial charge is 0.163 e. The molecule has 0 fully saturated rings. The number of carbonyl (C=O) groups is 1. The van der Waals surface area contributed by atoms with Gasteiger partial charge in [0.15, 0.2) is 5.78 Å². The Morgan fingerprint density at radius 3 is 2.50 bits per heavy atom. The number of rotatable bonds is 1. The molecule has 2 heteroatoms. The molecule has 0 saturated carbocycles. The van der Waals surface area contributed by atoms with Crippen LogP contribution in [0.15, 0.2) is 36.4 Å². The van der Waals surface area contributed by atoms with Crippen molar-refractivity contribution in [3.63, 3.8) is 0 Å². The van der Waals surface area contributed by atoms with Gasteiger partial charge in [0.1, 0.15) is 5.82 Å². The molecule has 18 heavy (non-hydrogen) atoms. The molecule has 0 amide bonds. The fraction of sp³-hybridized carbons (Fsp3) is 0.188. The fourth-order valence-electron chi connectivity index (χ4n) is 2.41. The number of Topliss-reactive ketones (excluding diaryl/α,β-unsaturated/α-hetero) is 1. The Kier molecular flexibility index (Phi) is 2.51. The molecule has 0 radical (unpaired) electrons. The molecule has 0 aliphatic heterocycles. The maximum atomic E-state index is 13.5. The molecule has 0 spiro atoms. The van der Waals surface area contributed by atoms with Crippen LogP contribution in [-0.2, 0) is 6.42 Å². The second-order valence-electron chi connectivity index (χ2n) is 4.76. The number of hydrogen-bond acceptors (Lipinski definition) is 1. The highest BCUT2D eigenvalue weighted by atomic mass is 19.1. The summed E-state index contributed by atoms with van der Waals surface area (Å²) in [6, 6.07) is 11.0. The second kappa shape index (κ2) is 4.05. The molecular formula is C16H13FO. The molecule has 0 saturated heterocycles. The zero-order chi connectivity index (χ0) is 12.7. The van der Waals surface area contributed by atoms with Crippen molar-refractivity contribution in [2.75, 3.05) is 0 Å². The standard InChI is InChI=1S/C16H13FO/c1-10-2-3-12(9-15(10)17)11-4-6-14-13(8-11)5-7-16(14)18/h2-4,6,8-9H,5,7H2,1H3. The second-order valence-corrected chi connectivity index (χ2v) is 4.76. The summed E-state index contributed by atoms with van der Waals surface area (Å²) in [5, 5.41) is 0. The molecule has 1 aliphatic carbocycles. The average Bonchev–Trinajstić information content (AvgIpc) is 2.74.